The van der Waals surface area contributed by atoms with Crippen molar-refractivity contribution in [1.29, 1.82) is 0 Å². The van der Waals surface area contributed by atoms with E-state index >= 15 is 0 Å². The lowest BCUT2D eigenvalue weighted by Crippen LogP contribution is -2.15. The van der Waals surface area contributed by atoms with Gasteiger partial charge in [-0.05, 0) is 23.3 Å². The normalized spacial score (nSPS) is 11.3. The molecule has 0 amide bonds. The molecule has 4 nitrogen and oxygen atoms in total. The molecule has 2 N–H and O–H groups in total. The highest BCUT2D eigenvalue weighted by Gasteiger charge is 2.12. The van der Waals surface area contributed by atoms with Gasteiger partial charge in [-0.25, -0.2) is 8.42 Å². The molecule has 0 radical (unpaired) electrons. The van der Waals surface area contributed by atoms with Gasteiger partial charge < -0.3 is 10.5 Å². The Morgan fingerprint density at radius 3 is 2.19 bits per heavy atom. The van der Waals surface area contributed by atoms with Crippen LogP contribution in [0.4, 0.5) is 0 Å². The Kier molecular flexibility index (Phi) is 5.36. The average molecular weight is 305 g/mol. The minimum atomic E-state index is -3.16. The third-order valence-corrected chi connectivity index (χ3v) is 4.61. The average Bonchev–Trinajstić information content (AvgIpc) is 2.48. The molecule has 21 heavy (non-hydrogen) atoms. The first kappa shape index (κ1) is 15.5. The zero-order chi connectivity index (χ0) is 15.1. The number of hydrogen-bond acceptors (Lipinski definition) is 4. The summed E-state index contributed by atoms with van der Waals surface area (Å²) in [5.41, 5.74) is 7.32. The van der Waals surface area contributed by atoms with Gasteiger partial charge in [0.15, 0.2) is 9.84 Å². The number of hydrogen-bond donors (Lipinski definition) is 1. The van der Waals surface area contributed by atoms with Crippen LogP contribution in [-0.4, -0.2) is 20.8 Å². The van der Waals surface area contributed by atoms with E-state index in [9.17, 15) is 8.42 Å². The fraction of sp³-hybridized carbons (Fsp3) is 0.250. The Balaban J connectivity index is 1.84. The minimum Gasteiger partial charge on any atom is -0.493 e. The van der Waals surface area contributed by atoms with Gasteiger partial charge in [-0.3, -0.25) is 0 Å². The van der Waals surface area contributed by atoms with Crippen molar-refractivity contribution in [2.45, 2.75) is 12.3 Å². The number of rotatable bonds is 7. The van der Waals surface area contributed by atoms with Crippen molar-refractivity contribution in [3.63, 3.8) is 0 Å². The predicted molar refractivity (Wildman–Crippen MR) is 83.8 cm³/mol. The van der Waals surface area contributed by atoms with Gasteiger partial charge in [0, 0.05) is 6.54 Å². The number of benzene rings is 2. The highest BCUT2D eigenvalue weighted by Crippen LogP contribution is 2.12. The van der Waals surface area contributed by atoms with E-state index in [1.54, 1.807) is 12.1 Å². The zero-order valence-corrected chi connectivity index (χ0v) is 12.6. The lowest BCUT2D eigenvalue weighted by Gasteiger charge is -2.08. The monoisotopic (exact) mass is 305 g/mol. The first-order valence-electron chi connectivity index (χ1n) is 6.75. The van der Waals surface area contributed by atoms with Crippen molar-refractivity contribution >= 4 is 9.84 Å². The molecule has 5 heteroatoms. The van der Waals surface area contributed by atoms with Crippen LogP contribution in [-0.2, 0) is 22.1 Å². The largest absolute Gasteiger partial charge is 0.493 e. The Bertz CT molecular complexity index is 652. The summed E-state index contributed by atoms with van der Waals surface area (Å²) < 4.78 is 29.4. The molecule has 0 aliphatic carbocycles. The van der Waals surface area contributed by atoms with Crippen LogP contribution in [0.3, 0.4) is 0 Å². The number of nitrogens with two attached hydrogens (primary N) is 1. The van der Waals surface area contributed by atoms with Crippen molar-refractivity contribution in [2.75, 3.05) is 12.4 Å². The molecule has 0 aliphatic rings. The summed E-state index contributed by atoms with van der Waals surface area (Å²) in [6, 6.07) is 16.5. The van der Waals surface area contributed by atoms with Gasteiger partial charge in [-0.15, -0.1) is 0 Å². The lowest BCUT2D eigenvalue weighted by atomic mass is 10.2. The molecule has 0 bridgehead atoms. The van der Waals surface area contributed by atoms with Crippen LogP contribution >= 0.6 is 0 Å². The molecule has 0 aromatic heterocycles. The molecule has 0 aliphatic heterocycles. The molecule has 0 spiro atoms. The molecule has 0 saturated carbocycles. The van der Waals surface area contributed by atoms with Gasteiger partial charge >= 0.3 is 0 Å². The highest BCUT2D eigenvalue weighted by molar-refractivity contribution is 7.90. The summed E-state index contributed by atoms with van der Waals surface area (Å²) in [5, 5.41) is 0. The first-order valence-corrected chi connectivity index (χ1v) is 8.57. The van der Waals surface area contributed by atoms with Crippen molar-refractivity contribution in [3.8, 4) is 5.75 Å². The van der Waals surface area contributed by atoms with Crippen LogP contribution in [0, 0.1) is 0 Å². The van der Waals surface area contributed by atoms with Crippen LogP contribution in [0.2, 0.25) is 0 Å². The highest BCUT2D eigenvalue weighted by atomic mass is 32.2. The van der Waals surface area contributed by atoms with E-state index in [0.29, 0.717) is 12.3 Å². The van der Waals surface area contributed by atoms with E-state index in [2.05, 4.69) is 0 Å². The Labute approximate surface area is 125 Å². The van der Waals surface area contributed by atoms with E-state index in [-0.39, 0.29) is 18.1 Å². The van der Waals surface area contributed by atoms with Gasteiger partial charge in [0.05, 0.1) is 11.5 Å². The van der Waals surface area contributed by atoms with E-state index in [1.165, 1.54) is 0 Å². The molecule has 0 heterocycles. The van der Waals surface area contributed by atoms with Gasteiger partial charge in [-0.1, -0.05) is 42.5 Å². The number of sulfone groups is 1. The van der Waals surface area contributed by atoms with Gasteiger partial charge in [0.1, 0.15) is 12.4 Å². The van der Waals surface area contributed by atoms with Crippen LogP contribution in [0.1, 0.15) is 11.1 Å². The van der Waals surface area contributed by atoms with Crippen LogP contribution < -0.4 is 10.5 Å². The molecule has 2 rings (SSSR count). The molecule has 2 aromatic rings. The standard InChI is InChI=1S/C16H19NO3S/c17-12-14-6-8-16(9-7-14)20-10-11-21(18,19)13-15-4-2-1-3-5-15/h1-9H,10-13,17H2. The molecule has 0 atom stereocenters. The topological polar surface area (TPSA) is 69.4 Å². The summed E-state index contributed by atoms with van der Waals surface area (Å²) in [6.45, 7) is 0.628. The zero-order valence-electron chi connectivity index (χ0n) is 11.7. The molecule has 112 valence electrons. The second-order valence-corrected chi connectivity index (χ2v) is 6.96. The quantitative estimate of drug-likeness (QED) is 0.851. The SMILES string of the molecule is NCc1ccc(OCCS(=O)(=O)Cc2ccccc2)cc1. The van der Waals surface area contributed by atoms with Crippen molar-refractivity contribution in [3.05, 3.63) is 65.7 Å². The van der Waals surface area contributed by atoms with Gasteiger partial charge in [-0.2, -0.15) is 0 Å². The molecular weight excluding hydrogens is 286 g/mol. The molecule has 2 aromatic carbocycles. The molecule has 0 saturated heterocycles. The summed E-state index contributed by atoms with van der Waals surface area (Å²) in [4.78, 5) is 0. The second kappa shape index (κ2) is 7.24. The third kappa shape index (κ3) is 5.21. The fourth-order valence-electron chi connectivity index (χ4n) is 1.91. The minimum absolute atomic E-state index is 0.000530. The van der Waals surface area contributed by atoms with Gasteiger partial charge in [0.25, 0.3) is 0 Å². The second-order valence-electron chi connectivity index (χ2n) is 4.77. The Hall–Kier alpha value is -1.85. The smallest absolute Gasteiger partial charge is 0.157 e. The Morgan fingerprint density at radius 2 is 1.57 bits per heavy atom. The first-order chi connectivity index (χ1) is 10.1. The summed E-state index contributed by atoms with van der Waals surface area (Å²) >= 11 is 0. The van der Waals surface area contributed by atoms with E-state index in [1.807, 2.05) is 42.5 Å². The maximum Gasteiger partial charge on any atom is 0.157 e. The Morgan fingerprint density at radius 1 is 0.905 bits per heavy atom. The van der Waals surface area contributed by atoms with Crippen molar-refractivity contribution in [1.82, 2.24) is 0 Å². The lowest BCUT2D eigenvalue weighted by molar-refractivity contribution is 0.340. The van der Waals surface area contributed by atoms with Crippen LogP contribution in [0.15, 0.2) is 54.6 Å². The van der Waals surface area contributed by atoms with Gasteiger partial charge in [0.2, 0.25) is 0 Å². The van der Waals surface area contributed by atoms with E-state index < -0.39 is 9.84 Å². The fourth-order valence-corrected chi connectivity index (χ4v) is 3.09. The molecular formula is C16H19NO3S. The van der Waals surface area contributed by atoms with Crippen molar-refractivity contribution in [2.24, 2.45) is 5.73 Å². The van der Waals surface area contributed by atoms with E-state index in [4.69, 9.17) is 10.5 Å². The maximum atomic E-state index is 12.0. The molecule has 0 fully saturated rings. The summed E-state index contributed by atoms with van der Waals surface area (Å²) in [7, 11) is -3.16. The van der Waals surface area contributed by atoms with Crippen LogP contribution in [0.5, 0.6) is 5.75 Å². The van der Waals surface area contributed by atoms with Crippen molar-refractivity contribution < 1.29 is 13.2 Å². The predicted octanol–water partition coefficient (Wildman–Crippen LogP) is 2.14. The summed E-state index contributed by atoms with van der Waals surface area (Å²) in [5.74, 6) is 0.700. The van der Waals surface area contributed by atoms with Crippen LogP contribution in [0.25, 0.3) is 0 Å². The maximum absolute atomic E-state index is 12.0. The summed E-state index contributed by atoms with van der Waals surface area (Å²) in [6.07, 6.45) is 0. The van der Waals surface area contributed by atoms with E-state index in [0.717, 1.165) is 11.1 Å². The third-order valence-electron chi connectivity index (χ3n) is 3.05. The number of ether oxygens (including phenoxy) is 1. The molecule has 0 unspecified atom stereocenters.